The highest BCUT2D eigenvalue weighted by molar-refractivity contribution is 14.1. The van der Waals surface area contributed by atoms with E-state index < -0.39 is 5.69 Å². The first-order valence-electron chi connectivity index (χ1n) is 5.44. The van der Waals surface area contributed by atoms with E-state index in [2.05, 4.69) is 43.5 Å². The average molecular weight is 455 g/mol. The van der Waals surface area contributed by atoms with Gasteiger partial charge in [0.15, 0.2) is 0 Å². The van der Waals surface area contributed by atoms with Gasteiger partial charge in [-0.1, -0.05) is 18.5 Å². The Hall–Kier alpha value is -0.600. The molecular weight excluding hydrogens is 446 g/mol. The van der Waals surface area contributed by atoms with Crippen LogP contribution in [0.5, 0.6) is 0 Å². The summed E-state index contributed by atoms with van der Waals surface area (Å²) in [6, 6.07) is 5.26. The first kappa shape index (κ1) is 14.8. The fourth-order valence-electron chi connectivity index (χ4n) is 1.71. The molecule has 7 heteroatoms. The van der Waals surface area contributed by atoms with Gasteiger partial charge in [-0.05, 0) is 63.1 Å². The quantitative estimate of drug-likeness (QED) is 0.559. The Morgan fingerprint density at radius 2 is 2.11 bits per heavy atom. The molecule has 0 aliphatic rings. The van der Waals surface area contributed by atoms with Gasteiger partial charge in [0.1, 0.15) is 5.15 Å². The van der Waals surface area contributed by atoms with Crippen LogP contribution in [0.15, 0.2) is 32.3 Å². The maximum Gasteiger partial charge on any atom is 0.334 e. The van der Waals surface area contributed by atoms with Gasteiger partial charge in [-0.3, -0.25) is 9.78 Å². The van der Waals surface area contributed by atoms with Crippen molar-refractivity contribution in [2.45, 2.75) is 13.3 Å². The minimum absolute atomic E-state index is 0.112. The molecule has 0 amide bonds. The number of nitrogens with zero attached hydrogens (tertiary/aromatic N) is 1. The minimum atomic E-state index is -0.537. The lowest BCUT2D eigenvalue weighted by atomic mass is 10.2. The number of nitrogens with one attached hydrogen (secondary N) is 1. The van der Waals surface area contributed by atoms with Crippen LogP contribution in [-0.2, 0) is 6.42 Å². The van der Waals surface area contributed by atoms with Gasteiger partial charge in [-0.2, -0.15) is 0 Å². The van der Waals surface area contributed by atoms with Gasteiger partial charge < -0.3 is 0 Å². The largest absolute Gasteiger partial charge is 0.334 e. The molecule has 19 heavy (non-hydrogen) atoms. The normalized spacial score (nSPS) is 10.7. The van der Waals surface area contributed by atoms with Crippen molar-refractivity contribution in [2.24, 2.45) is 0 Å². The third-order valence-corrected chi connectivity index (χ3v) is 5.31. The second kappa shape index (κ2) is 5.80. The van der Waals surface area contributed by atoms with E-state index in [-0.39, 0.29) is 10.7 Å². The fourth-order valence-corrected chi connectivity index (χ4v) is 2.75. The summed E-state index contributed by atoms with van der Waals surface area (Å²) in [6.07, 6.45) is 0.460. The van der Waals surface area contributed by atoms with Crippen molar-refractivity contribution in [3.05, 3.63) is 57.8 Å². The standard InChI is InChI=1S/C12H9BrClIN2O2/c1-2-7-10(14)16-12(19)17(11(7)18)6-3-4-8(13)9(15)5-6/h3-5H,2H2,1H3,(H,16,19). The van der Waals surface area contributed by atoms with E-state index >= 15 is 0 Å². The SMILES string of the molecule is CCc1c(Cl)[nH]c(=O)n(-c2ccc(Br)c(I)c2)c1=O. The van der Waals surface area contributed by atoms with Gasteiger partial charge in [0.2, 0.25) is 0 Å². The molecule has 1 aromatic carbocycles. The molecule has 0 saturated heterocycles. The zero-order chi connectivity index (χ0) is 14.2. The molecule has 0 spiro atoms. The summed E-state index contributed by atoms with van der Waals surface area (Å²) in [7, 11) is 0. The van der Waals surface area contributed by atoms with Crippen molar-refractivity contribution in [1.82, 2.24) is 9.55 Å². The van der Waals surface area contributed by atoms with Crippen LogP contribution in [0.3, 0.4) is 0 Å². The number of hydrogen-bond donors (Lipinski definition) is 1. The van der Waals surface area contributed by atoms with E-state index in [0.717, 1.165) is 12.6 Å². The van der Waals surface area contributed by atoms with Gasteiger partial charge >= 0.3 is 5.69 Å². The molecule has 0 bridgehead atoms. The van der Waals surface area contributed by atoms with Crippen molar-refractivity contribution in [3.63, 3.8) is 0 Å². The molecule has 1 heterocycles. The van der Waals surface area contributed by atoms with Crippen molar-refractivity contribution < 1.29 is 0 Å². The fraction of sp³-hybridized carbons (Fsp3) is 0.167. The Labute approximate surface area is 136 Å². The molecule has 4 nitrogen and oxygen atoms in total. The Kier molecular flexibility index (Phi) is 4.52. The Bertz CT molecular complexity index is 754. The van der Waals surface area contributed by atoms with Crippen molar-refractivity contribution >= 4 is 50.1 Å². The molecule has 0 saturated carbocycles. The predicted octanol–water partition coefficient (Wildman–Crippen LogP) is 3.11. The predicted molar refractivity (Wildman–Crippen MR) is 87.5 cm³/mol. The zero-order valence-electron chi connectivity index (χ0n) is 9.84. The lowest BCUT2D eigenvalue weighted by Gasteiger charge is -2.08. The van der Waals surface area contributed by atoms with Crippen molar-refractivity contribution in [3.8, 4) is 5.69 Å². The number of aromatic amines is 1. The minimum Gasteiger partial charge on any atom is -0.297 e. The Morgan fingerprint density at radius 3 is 2.68 bits per heavy atom. The van der Waals surface area contributed by atoms with Crippen LogP contribution < -0.4 is 11.2 Å². The lowest BCUT2D eigenvalue weighted by Crippen LogP contribution is -2.36. The second-order valence-electron chi connectivity index (χ2n) is 3.82. The van der Waals surface area contributed by atoms with E-state index in [0.29, 0.717) is 17.7 Å². The molecule has 1 aromatic heterocycles. The highest BCUT2D eigenvalue weighted by Crippen LogP contribution is 2.21. The third-order valence-electron chi connectivity index (χ3n) is 2.66. The van der Waals surface area contributed by atoms with E-state index in [1.54, 1.807) is 18.2 Å². The summed E-state index contributed by atoms with van der Waals surface area (Å²) in [6.45, 7) is 1.82. The highest BCUT2D eigenvalue weighted by atomic mass is 127. The van der Waals surface area contributed by atoms with Crippen LogP contribution in [0.2, 0.25) is 5.15 Å². The maximum absolute atomic E-state index is 12.3. The van der Waals surface area contributed by atoms with Crippen molar-refractivity contribution in [1.29, 1.82) is 0 Å². The molecule has 0 aliphatic carbocycles. The number of aromatic nitrogens is 2. The summed E-state index contributed by atoms with van der Waals surface area (Å²) in [5.74, 6) is 0. The summed E-state index contributed by atoms with van der Waals surface area (Å²) >= 11 is 11.4. The molecule has 0 atom stereocenters. The molecule has 0 radical (unpaired) electrons. The van der Waals surface area contributed by atoms with Crippen LogP contribution in [0.25, 0.3) is 5.69 Å². The maximum atomic E-state index is 12.3. The zero-order valence-corrected chi connectivity index (χ0v) is 14.3. The van der Waals surface area contributed by atoms with E-state index in [1.165, 1.54) is 0 Å². The van der Waals surface area contributed by atoms with Crippen LogP contribution in [0, 0.1) is 3.57 Å². The topological polar surface area (TPSA) is 54.9 Å². The summed E-state index contributed by atoms with van der Waals surface area (Å²) in [5.41, 5.74) is 0.00380. The molecule has 2 aromatic rings. The van der Waals surface area contributed by atoms with Gasteiger partial charge in [0.25, 0.3) is 5.56 Å². The molecule has 0 aliphatic heterocycles. The summed E-state index contributed by atoms with van der Waals surface area (Å²) < 4.78 is 2.92. The summed E-state index contributed by atoms with van der Waals surface area (Å²) in [5, 5.41) is 0.112. The first-order chi connectivity index (χ1) is 8.95. The van der Waals surface area contributed by atoms with E-state index in [9.17, 15) is 9.59 Å². The smallest absolute Gasteiger partial charge is 0.297 e. The summed E-state index contributed by atoms with van der Waals surface area (Å²) in [4.78, 5) is 26.7. The number of halogens is 3. The van der Waals surface area contributed by atoms with Crippen LogP contribution in [0.1, 0.15) is 12.5 Å². The third kappa shape index (κ3) is 2.80. The Balaban J connectivity index is 2.79. The highest BCUT2D eigenvalue weighted by Gasteiger charge is 2.13. The molecule has 1 N–H and O–H groups in total. The molecular formula is C12H9BrClIN2O2. The molecule has 0 fully saturated rings. The molecule has 100 valence electrons. The number of hydrogen-bond acceptors (Lipinski definition) is 2. The van der Waals surface area contributed by atoms with Crippen LogP contribution in [-0.4, -0.2) is 9.55 Å². The van der Waals surface area contributed by atoms with Crippen LogP contribution >= 0.6 is 50.1 Å². The first-order valence-corrected chi connectivity index (χ1v) is 7.69. The van der Waals surface area contributed by atoms with E-state index in [4.69, 9.17) is 11.6 Å². The van der Waals surface area contributed by atoms with Gasteiger partial charge in [-0.15, -0.1) is 0 Å². The monoisotopic (exact) mass is 454 g/mol. The number of benzene rings is 1. The van der Waals surface area contributed by atoms with Crippen molar-refractivity contribution in [2.75, 3.05) is 0 Å². The molecule has 2 rings (SSSR count). The Morgan fingerprint density at radius 1 is 1.42 bits per heavy atom. The number of H-pyrrole nitrogens is 1. The second-order valence-corrected chi connectivity index (χ2v) is 6.21. The van der Waals surface area contributed by atoms with E-state index in [1.807, 2.05) is 6.92 Å². The van der Waals surface area contributed by atoms with Gasteiger partial charge in [0, 0.05) is 8.04 Å². The lowest BCUT2D eigenvalue weighted by molar-refractivity contribution is 0.841. The molecule has 0 unspecified atom stereocenters. The van der Waals surface area contributed by atoms with Gasteiger partial charge in [0.05, 0.1) is 11.3 Å². The average Bonchev–Trinajstić information content (AvgIpc) is 2.33. The van der Waals surface area contributed by atoms with Crippen LogP contribution in [0.4, 0.5) is 0 Å². The number of rotatable bonds is 2. The van der Waals surface area contributed by atoms with Gasteiger partial charge in [-0.25, -0.2) is 9.36 Å².